The summed E-state index contributed by atoms with van der Waals surface area (Å²) in [5, 5.41) is 11.3. The van der Waals surface area contributed by atoms with E-state index >= 15 is 0 Å². The van der Waals surface area contributed by atoms with Crippen molar-refractivity contribution < 1.29 is 5.11 Å². The van der Waals surface area contributed by atoms with E-state index in [1.165, 1.54) is 25.7 Å². The second-order valence-corrected chi connectivity index (χ2v) is 6.93. The van der Waals surface area contributed by atoms with Crippen LogP contribution in [0, 0.1) is 30.6 Å². The monoisotopic (exact) mass is 258 g/mol. The van der Waals surface area contributed by atoms with Gasteiger partial charge in [0, 0.05) is 11.8 Å². The van der Waals surface area contributed by atoms with E-state index < -0.39 is 5.60 Å². The van der Waals surface area contributed by atoms with E-state index in [1.807, 2.05) is 13.0 Å². The van der Waals surface area contributed by atoms with Gasteiger partial charge in [0.2, 0.25) is 0 Å². The number of nitrogen functional groups attached to an aromatic ring is 1. The van der Waals surface area contributed by atoms with E-state index in [9.17, 15) is 5.11 Å². The Hall–Kier alpha value is -1.09. The Morgan fingerprint density at radius 2 is 2.16 bits per heavy atom. The van der Waals surface area contributed by atoms with Crippen molar-refractivity contribution in [3.63, 3.8) is 0 Å². The smallest absolute Gasteiger partial charge is 0.129 e. The van der Waals surface area contributed by atoms with E-state index in [0.29, 0.717) is 17.7 Å². The zero-order valence-corrected chi connectivity index (χ0v) is 11.5. The van der Waals surface area contributed by atoms with E-state index in [1.54, 1.807) is 6.20 Å². The number of hydrogen-bond donors (Lipinski definition) is 2. The highest BCUT2D eigenvalue weighted by atomic mass is 16.3. The molecule has 3 aliphatic rings. The first-order valence-corrected chi connectivity index (χ1v) is 7.54. The van der Waals surface area contributed by atoms with Crippen LogP contribution in [0.25, 0.3) is 0 Å². The summed E-state index contributed by atoms with van der Waals surface area (Å²) in [4.78, 5) is 4.26. The highest BCUT2D eigenvalue weighted by Gasteiger charge is 2.61. The summed E-state index contributed by atoms with van der Waals surface area (Å²) >= 11 is 0. The second kappa shape index (κ2) is 3.72. The van der Waals surface area contributed by atoms with Crippen molar-refractivity contribution in [2.24, 2.45) is 23.7 Å². The molecular weight excluding hydrogens is 236 g/mol. The van der Waals surface area contributed by atoms with Crippen LogP contribution in [0.2, 0.25) is 0 Å². The number of anilines is 1. The predicted octanol–water partition coefficient (Wildman–Crippen LogP) is 2.62. The maximum Gasteiger partial charge on any atom is 0.129 e. The molecule has 2 bridgehead atoms. The summed E-state index contributed by atoms with van der Waals surface area (Å²) in [5.74, 6) is 3.25. The topological polar surface area (TPSA) is 59.1 Å². The van der Waals surface area contributed by atoms with Crippen molar-refractivity contribution >= 4 is 5.82 Å². The van der Waals surface area contributed by atoms with Gasteiger partial charge in [-0.1, -0.05) is 6.42 Å². The number of aryl methyl sites for hydroxylation is 1. The van der Waals surface area contributed by atoms with Crippen molar-refractivity contribution in [3.05, 3.63) is 23.4 Å². The Morgan fingerprint density at radius 3 is 3.00 bits per heavy atom. The molecule has 4 rings (SSSR count). The maximum atomic E-state index is 11.3. The minimum absolute atomic E-state index is 0.413. The molecule has 1 aromatic rings. The molecule has 19 heavy (non-hydrogen) atoms. The molecule has 0 aliphatic heterocycles. The molecule has 0 radical (unpaired) electrons. The van der Waals surface area contributed by atoms with Crippen LogP contribution >= 0.6 is 0 Å². The Kier molecular flexibility index (Phi) is 2.29. The third kappa shape index (κ3) is 1.45. The second-order valence-electron chi connectivity index (χ2n) is 6.93. The Morgan fingerprint density at radius 1 is 1.37 bits per heavy atom. The number of rotatable bonds is 1. The van der Waals surface area contributed by atoms with Crippen LogP contribution in [0.1, 0.15) is 43.2 Å². The first kappa shape index (κ1) is 11.7. The van der Waals surface area contributed by atoms with E-state index in [0.717, 1.165) is 29.4 Å². The lowest BCUT2D eigenvalue weighted by Crippen LogP contribution is -2.39. The standard InChI is InChI=1S/C16H22N2O/c1-9-5-14(15(17)18-8-9)16(19)7-10-6-13(16)12-4-2-3-11(10)12/h5,8,10-13,19H,2-4,6-7H2,1H3,(H2,17,18). The summed E-state index contributed by atoms with van der Waals surface area (Å²) in [6, 6.07) is 2.05. The fourth-order valence-electron chi connectivity index (χ4n) is 5.35. The summed E-state index contributed by atoms with van der Waals surface area (Å²) < 4.78 is 0. The van der Waals surface area contributed by atoms with Gasteiger partial charge in [0.15, 0.2) is 0 Å². The average molecular weight is 258 g/mol. The fraction of sp³-hybridized carbons (Fsp3) is 0.688. The number of aliphatic hydroxyl groups is 1. The van der Waals surface area contributed by atoms with E-state index in [2.05, 4.69) is 4.98 Å². The van der Waals surface area contributed by atoms with Crippen LogP contribution in [0.5, 0.6) is 0 Å². The molecule has 0 aromatic carbocycles. The van der Waals surface area contributed by atoms with Gasteiger partial charge in [0.05, 0.1) is 5.60 Å². The largest absolute Gasteiger partial charge is 0.385 e. The third-order valence-corrected chi connectivity index (χ3v) is 6.01. The van der Waals surface area contributed by atoms with Gasteiger partial charge in [-0.2, -0.15) is 0 Å². The van der Waals surface area contributed by atoms with Gasteiger partial charge in [0.25, 0.3) is 0 Å². The molecule has 0 spiro atoms. The molecule has 3 nitrogen and oxygen atoms in total. The molecule has 3 heteroatoms. The first-order chi connectivity index (χ1) is 9.09. The lowest BCUT2D eigenvalue weighted by molar-refractivity contribution is -0.0508. The van der Waals surface area contributed by atoms with Gasteiger partial charge in [-0.05, 0) is 67.9 Å². The molecule has 3 saturated carbocycles. The SMILES string of the molecule is Cc1cnc(N)c(C2(O)CC3CC2C2CCCC32)c1. The average Bonchev–Trinajstić information content (AvgIpc) is 3.02. The minimum atomic E-state index is -0.709. The number of hydrogen-bond acceptors (Lipinski definition) is 3. The molecule has 0 amide bonds. The molecule has 3 aliphatic carbocycles. The Balaban J connectivity index is 1.77. The summed E-state index contributed by atoms with van der Waals surface area (Å²) in [6.07, 6.45) is 7.90. The Bertz CT molecular complexity index is 529. The highest BCUT2D eigenvalue weighted by molar-refractivity contribution is 5.46. The molecule has 5 unspecified atom stereocenters. The van der Waals surface area contributed by atoms with Gasteiger partial charge >= 0.3 is 0 Å². The summed E-state index contributed by atoms with van der Waals surface area (Å²) in [6.45, 7) is 2.02. The summed E-state index contributed by atoms with van der Waals surface area (Å²) in [7, 11) is 0. The molecule has 102 valence electrons. The van der Waals surface area contributed by atoms with Crippen molar-refractivity contribution in [1.82, 2.24) is 4.98 Å². The van der Waals surface area contributed by atoms with Crippen molar-refractivity contribution in [2.75, 3.05) is 5.73 Å². The zero-order valence-electron chi connectivity index (χ0n) is 11.5. The van der Waals surface area contributed by atoms with Crippen LogP contribution in [0.15, 0.2) is 12.3 Å². The van der Waals surface area contributed by atoms with Crippen molar-refractivity contribution in [3.8, 4) is 0 Å². The van der Waals surface area contributed by atoms with Gasteiger partial charge < -0.3 is 10.8 Å². The van der Waals surface area contributed by atoms with Gasteiger partial charge in [-0.3, -0.25) is 0 Å². The minimum Gasteiger partial charge on any atom is -0.385 e. The lowest BCUT2D eigenvalue weighted by atomic mass is 9.70. The molecule has 3 fully saturated rings. The van der Waals surface area contributed by atoms with Gasteiger partial charge in [-0.25, -0.2) is 4.98 Å². The number of nitrogens with zero attached hydrogens (tertiary/aromatic N) is 1. The number of pyridine rings is 1. The summed E-state index contributed by atoms with van der Waals surface area (Å²) in [5.41, 5.74) is 7.32. The van der Waals surface area contributed by atoms with E-state index in [-0.39, 0.29) is 0 Å². The van der Waals surface area contributed by atoms with Crippen LogP contribution in [-0.2, 0) is 5.60 Å². The fourth-order valence-corrected chi connectivity index (χ4v) is 5.35. The van der Waals surface area contributed by atoms with Crippen LogP contribution < -0.4 is 5.73 Å². The van der Waals surface area contributed by atoms with Crippen LogP contribution in [0.3, 0.4) is 0 Å². The zero-order chi connectivity index (χ0) is 13.2. The molecule has 3 N–H and O–H groups in total. The quantitative estimate of drug-likeness (QED) is 0.814. The number of nitrogens with two attached hydrogens (primary N) is 1. The third-order valence-electron chi connectivity index (χ3n) is 6.01. The van der Waals surface area contributed by atoms with Crippen molar-refractivity contribution in [1.29, 1.82) is 0 Å². The number of aromatic nitrogens is 1. The van der Waals surface area contributed by atoms with Crippen molar-refractivity contribution in [2.45, 2.75) is 44.6 Å². The van der Waals surface area contributed by atoms with E-state index in [4.69, 9.17) is 5.73 Å². The first-order valence-electron chi connectivity index (χ1n) is 7.54. The molecular formula is C16H22N2O. The van der Waals surface area contributed by atoms with Gasteiger partial charge in [0.1, 0.15) is 5.82 Å². The molecule has 1 aromatic heterocycles. The Labute approximate surface area is 114 Å². The lowest BCUT2D eigenvalue weighted by Gasteiger charge is -2.39. The maximum absolute atomic E-state index is 11.3. The molecule has 1 heterocycles. The van der Waals surface area contributed by atoms with Gasteiger partial charge in [-0.15, -0.1) is 0 Å². The predicted molar refractivity (Wildman–Crippen MR) is 74.3 cm³/mol. The van der Waals surface area contributed by atoms with Crippen LogP contribution in [0.4, 0.5) is 5.82 Å². The number of fused-ring (bicyclic) bond motifs is 5. The molecule has 0 saturated heterocycles. The normalized spacial score (nSPS) is 43.7. The highest BCUT2D eigenvalue weighted by Crippen LogP contribution is 2.65. The van der Waals surface area contributed by atoms with Crippen LogP contribution in [-0.4, -0.2) is 10.1 Å². The molecule has 5 atom stereocenters.